The number of aryl methyl sites for hydroxylation is 3. The molecular weight excluding hydrogens is 398 g/mol. The van der Waals surface area contributed by atoms with Gasteiger partial charge >= 0.3 is 0 Å². The molecule has 0 radical (unpaired) electrons. The molecule has 1 atom stereocenters. The molecule has 5 nitrogen and oxygen atoms in total. The number of benzene rings is 2. The Labute approximate surface area is 178 Å². The molecule has 2 N–H and O–H groups in total. The lowest BCUT2D eigenvalue weighted by Crippen LogP contribution is -2.29. The van der Waals surface area contributed by atoms with Crippen molar-refractivity contribution < 1.29 is 19.8 Å². The van der Waals surface area contributed by atoms with Gasteiger partial charge in [0.1, 0.15) is 17.6 Å². The number of Topliss-reactive ketones (excluding diaryl/α,β-unsaturated/α-hetero) is 1. The van der Waals surface area contributed by atoms with Crippen LogP contribution in [0.15, 0.2) is 59.5 Å². The van der Waals surface area contributed by atoms with Crippen molar-refractivity contribution in [1.29, 1.82) is 0 Å². The summed E-state index contributed by atoms with van der Waals surface area (Å²) in [6.07, 6.45) is 0. The number of amides is 1. The highest BCUT2D eigenvalue weighted by atomic mass is 32.1. The number of rotatable bonds is 3. The maximum absolute atomic E-state index is 13.1. The van der Waals surface area contributed by atoms with Gasteiger partial charge in [-0.3, -0.25) is 14.5 Å². The second-order valence-corrected chi connectivity index (χ2v) is 8.47. The number of carbonyl (C=O) groups is 2. The lowest BCUT2D eigenvalue weighted by Gasteiger charge is -2.25. The minimum absolute atomic E-state index is 0.0251. The maximum Gasteiger partial charge on any atom is 0.300 e. The Kier molecular flexibility index (Phi) is 4.95. The van der Waals surface area contributed by atoms with Gasteiger partial charge in [-0.05, 0) is 61.5 Å². The first-order chi connectivity index (χ1) is 14.3. The number of anilines is 1. The van der Waals surface area contributed by atoms with Crippen LogP contribution in [0.3, 0.4) is 0 Å². The van der Waals surface area contributed by atoms with Gasteiger partial charge in [0.15, 0.2) is 0 Å². The summed E-state index contributed by atoms with van der Waals surface area (Å²) in [6, 6.07) is 13.3. The first-order valence-corrected chi connectivity index (χ1v) is 10.4. The lowest BCUT2D eigenvalue weighted by atomic mass is 9.96. The molecule has 1 aliphatic rings. The molecule has 0 aliphatic carbocycles. The van der Waals surface area contributed by atoms with Gasteiger partial charge in [0, 0.05) is 10.4 Å². The molecule has 4 rings (SSSR count). The second-order valence-electron chi connectivity index (χ2n) is 7.50. The molecular formula is C24H21NO4S. The van der Waals surface area contributed by atoms with Crippen molar-refractivity contribution in [3.63, 3.8) is 0 Å². The first kappa shape index (κ1) is 19.9. The van der Waals surface area contributed by atoms with E-state index in [-0.39, 0.29) is 22.8 Å². The van der Waals surface area contributed by atoms with E-state index in [1.165, 1.54) is 22.3 Å². The summed E-state index contributed by atoms with van der Waals surface area (Å²) in [4.78, 5) is 28.2. The fourth-order valence-electron chi connectivity index (χ4n) is 3.76. The number of phenolic OH excluding ortho intramolecular Hbond substituents is 1. The van der Waals surface area contributed by atoms with E-state index in [1.807, 2.05) is 50.4 Å². The molecule has 2 aromatic carbocycles. The third kappa shape index (κ3) is 3.19. The minimum Gasteiger partial charge on any atom is -0.507 e. The van der Waals surface area contributed by atoms with E-state index in [9.17, 15) is 19.8 Å². The van der Waals surface area contributed by atoms with Crippen LogP contribution in [0.5, 0.6) is 5.75 Å². The number of aliphatic hydroxyl groups is 1. The van der Waals surface area contributed by atoms with Crippen molar-refractivity contribution >= 4 is 34.5 Å². The number of ketones is 1. The van der Waals surface area contributed by atoms with Gasteiger partial charge in [0.05, 0.1) is 11.3 Å². The molecule has 6 heteroatoms. The number of thiophene rings is 1. The monoisotopic (exact) mass is 419 g/mol. The number of phenols is 1. The number of nitrogens with zero attached hydrogens (tertiary/aromatic N) is 1. The standard InChI is InChI=1S/C24H21NO4S/c1-13-6-8-15(3)16(11-13)22(27)20-21(19-5-4-10-30-19)25(24(29)23(20)28)17-12-14(2)7-9-18(17)26/h4-12,21,26-27H,1-3H3/b22-20-. The van der Waals surface area contributed by atoms with Crippen LogP contribution in [-0.2, 0) is 9.59 Å². The van der Waals surface area contributed by atoms with Crippen molar-refractivity contribution in [2.45, 2.75) is 26.8 Å². The Balaban J connectivity index is 1.99. The predicted octanol–water partition coefficient (Wildman–Crippen LogP) is 5.01. The molecule has 30 heavy (non-hydrogen) atoms. The second kappa shape index (κ2) is 7.46. The molecule has 1 aliphatic heterocycles. The van der Waals surface area contributed by atoms with Crippen LogP contribution in [0.25, 0.3) is 5.76 Å². The van der Waals surface area contributed by atoms with Gasteiger partial charge in [0.2, 0.25) is 0 Å². The smallest absolute Gasteiger partial charge is 0.300 e. The summed E-state index contributed by atoms with van der Waals surface area (Å²) in [5, 5.41) is 23.5. The zero-order chi connectivity index (χ0) is 21.6. The molecule has 0 bridgehead atoms. The molecule has 1 fully saturated rings. The van der Waals surface area contributed by atoms with Gasteiger partial charge in [-0.1, -0.05) is 29.8 Å². The van der Waals surface area contributed by atoms with Crippen molar-refractivity contribution in [2.75, 3.05) is 4.90 Å². The molecule has 2 heterocycles. The van der Waals surface area contributed by atoms with E-state index < -0.39 is 17.7 Å². The first-order valence-electron chi connectivity index (χ1n) is 9.51. The Bertz CT molecular complexity index is 1190. The number of aliphatic hydroxyl groups excluding tert-OH is 1. The summed E-state index contributed by atoms with van der Waals surface area (Å²) in [7, 11) is 0. The quantitative estimate of drug-likeness (QED) is 0.356. The molecule has 1 amide bonds. The van der Waals surface area contributed by atoms with E-state index in [1.54, 1.807) is 18.2 Å². The van der Waals surface area contributed by atoms with Crippen LogP contribution < -0.4 is 4.90 Å². The van der Waals surface area contributed by atoms with Crippen LogP contribution in [0.4, 0.5) is 5.69 Å². The third-order valence-corrected chi connectivity index (χ3v) is 6.22. The molecule has 1 saturated heterocycles. The summed E-state index contributed by atoms with van der Waals surface area (Å²) in [5.41, 5.74) is 3.35. The highest BCUT2D eigenvalue weighted by Gasteiger charge is 2.48. The normalized spacial score (nSPS) is 18.2. The average molecular weight is 420 g/mol. The van der Waals surface area contributed by atoms with Crippen LogP contribution in [0.2, 0.25) is 0 Å². The summed E-state index contributed by atoms with van der Waals surface area (Å²) < 4.78 is 0. The van der Waals surface area contributed by atoms with E-state index in [2.05, 4.69) is 0 Å². The fourth-order valence-corrected chi connectivity index (χ4v) is 4.58. The summed E-state index contributed by atoms with van der Waals surface area (Å²) in [5.74, 6) is -1.85. The largest absolute Gasteiger partial charge is 0.507 e. The summed E-state index contributed by atoms with van der Waals surface area (Å²) in [6.45, 7) is 5.59. The van der Waals surface area contributed by atoms with Crippen molar-refractivity contribution in [1.82, 2.24) is 0 Å². The fraction of sp³-hybridized carbons (Fsp3) is 0.167. The zero-order valence-corrected chi connectivity index (χ0v) is 17.7. The van der Waals surface area contributed by atoms with Crippen molar-refractivity contribution in [3.8, 4) is 5.75 Å². The van der Waals surface area contributed by atoms with Gasteiger partial charge in [-0.2, -0.15) is 0 Å². The number of carbonyl (C=O) groups excluding carboxylic acids is 2. The topological polar surface area (TPSA) is 77.8 Å². The number of aromatic hydroxyl groups is 1. The minimum atomic E-state index is -0.822. The van der Waals surface area contributed by atoms with Gasteiger partial charge < -0.3 is 10.2 Å². The molecule has 0 saturated carbocycles. The SMILES string of the molecule is Cc1ccc(C)c(/C(O)=C2/C(=O)C(=O)N(c3cc(C)ccc3O)C2c2cccs2)c1. The number of hydrogen-bond donors (Lipinski definition) is 2. The number of hydrogen-bond acceptors (Lipinski definition) is 5. The highest BCUT2D eigenvalue weighted by Crippen LogP contribution is 2.46. The van der Waals surface area contributed by atoms with Crippen molar-refractivity contribution in [3.05, 3.63) is 86.6 Å². The van der Waals surface area contributed by atoms with Crippen LogP contribution in [0.1, 0.15) is 33.2 Å². The maximum atomic E-state index is 13.1. The Morgan fingerprint density at radius 2 is 1.70 bits per heavy atom. The molecule has 0 spiro atoms. The van der Waals surface area contributed by atoms with Crippen LogP contribution in [-0.4, -0.2) is 21.9 Å². The average Bonchev–Trinajstić information content (AvgIpc) is 3.33. The van der Waals surface area contributed by atoms with E-state index in [0.29, 0.717) is 5.56 Å². The highest BCUT2D eigenvalue weighted by molar-refractivity contribution is 7.10. The van der Waals surface area contributed by atoms with Crippen LogP contribution >= 0.6 is 11.3 Å². The Morgan fingerprint density at radius 1 is 1.00 bits per heavy atom. The molecule has 3 aromatic rings. The van der Waals surface area contributed by atoms with Gasteiger partial charge in [-0.25, -0.2) is 0 Å². The van der Waals surface area contributed by atoms with E-state index in [4.69, 9.17) is 0 Å². The van der Waals surface area contributed by atoms with E-state index >= 15 is 0 Å². The molecule has 1 unspecified atom stereocenters. The third-order valence-electron chi connectivity index (χ3n) is 5.30. The predicted molar refractivity (Wildman–Crippen MR) is 118 cm³/mol. The Morgan fingerprint density at radius 3 is 2.40 bits per heavy atom. The molecule has 1 aromatic heterocycles. The van der Waals surface area contributed by atoms with Crippen LogP contribution in [0, 0.1) is 20.8 Å². The van der Waals surface area contributed by atoms with Gasteiger partial charge in [-0.15, -0.1) is 11.3 Å². The van der Waals surface area contributed by atoms with E-state index in [0.717, 1.165) is 21.6 Å². The van der Waals surface area contributed by atoms with Gasteiger partial charge in [0.25, 0.3) is 11.7 Å². The Hall–Kier alpha value is -3.38. The lowest BCUT2D eigenvalue weighted by molar-refractivity contribution is -0.132. The summed E-state index contributed by atoms with van der Waals surface area (Å²) >= 11 is 1.38. The molecule has 152 valence electrons. The zero-order valence-electron chi connectivity index (χ0n) is 16.8. The van der Waals surface area contributed by atoms with Crippen molar-refractivity contribution in [2.24, 2.45) is 0 Å².